The van der Waals surface area contributed by atoms with Gasteiger partial charge < -0.3 is 15.2 Å². The minimum Gasteiger partial charge on any atom is -0.504 e. The number of nitrogens with zero attached hydrogens (tertiary/aromatic N) is 1. The van der Waals surface area contributed by atoms with Crippen molar-refractivity contribution in [3.8, 4) is 11.5 Å². The van der Waals surface area contributed by atoms with Crippen molar-refractivity contribution in [2.75, 3.05) is 19.0 Å². The van der Waals surface area contributed by atoms with E-state index in [-0.39, 0.29) is 22.9 Å². The lowest BCUT2D eigenvalue weighted by molar-refractivity contribution is -0.127. The number of amides is 3. The molecule has 3 amide bonds. The number of ether oxygens (including phenoxy) is 1. The van der Waals surface area contributed by atoms with Crippen molar-refractivity contribution in [2.24, 2.45) is 0 Å². The molecule has 0 unspecified atom stereocenters. The molecule has 2 aromatic carbocycles. The number of aromatic hydroxyl groups is 1. The fraction of sp³-hybridized carbons (Fsp3) is 0.227. The summed E-state index contributed by atoms with van der Waals surface area (Å²) in [4.78, 5) is 38.5. The lowest BCUT2D eigenvalue weighted by Crippen LogP contribution is -2.36. The third kappa shape index (κ3) is 5.29. The number of carbonyl (C=O) groups excluding carboxylic acids is 3. The molecule has 0 spiro atoms. The Balaban J connectivity index is 1.71. The molecule has 0 saturated carbocycles. The number of imide groups is 1. The summed E-state index contributed by atoms with van der Waals surface area (Å²) >= 11 is 4.07. The molecule has 9 heteroatoms. The highest BCUT2D eigenvalue weighted by Crippen LogP contribution is 2.37. The monoisotopic (exact) mass is 504 g/mol. The lowest BCUT2D eigenvalue weighted by atomic mass is 10.0. The Morgan fingerprint density at radius 2 is 1.94 bits per heavy atom. The summed E-state index contributed by atoms with van der Waals surface area (Å²) in [6.07, 6.45) is 1.51. The number of nitrogens with one attached hydrogen (secondary N) is 1. The van der Waals surface area contributed by atoms with Gasteiger partial charge in [-0.3, -0.25) is 19.3 Å². The summed E-state index contributed by atoms with van der Waals surface area (Å²) in [6, 6.07) is 10.4. The van der Waals surface area contributed by atoms with Crippen LogP contribution in [0.2, 0.25) is 0 Å². The van der Waals surface area contributed by atoms with Gasteiger partial charge in [0.15, 0.2) is 11.5 Å². The van der Waals surface area contributed by atoms with Crippen LogP contribution >= 0.6 is 27.7 Å². The maximum atomic E-state index is 12.7. The highest BCUT2D eigenvalue weighted by Gasteiger charge is 2.36. The zero-order chi connectivity index (χ0) is 22.7. The van der Waals surface area contributed by atoms with Gasteiger partial charge in [0.25, 0.3) is 11.1 Å². The van der Waals surface area contributed by atoms with Crippen molar-refractivity contribution < 1.29 is 24.2 Å². The molecule has 7 nitrogen and oxygen atoms in total. The van der Waals surface area contributed by atoms with Gasteiger partial charge in [-0.2, -0.15) is 0 Å². The SMILES string of the molecule is COc1cc(/C=C2\SC(=O)N(CC(=O)Nc3ccc(C(C)C)cc3)C2=O)c(Br)cc1O. The number of rotatable bonds is 6. The van der Waals surface area contributed by atoms with E-state index in [4.69, 9.17) is 4.74 Å². The molecule has 1 fully saturated rings. The fourth-order valence-corrected chi connectivity index (χ4v) is 4.18. The number of hydrogen-bond donors (Lipinski definition) is 2. The molecule has 0 radical (unpaired) electrons. The molecule has 0 bridgehead atoms. The minimum absolute atomic E-state index is 0.0577. The van der Waals surface area contributed by atoms with Crippen molar-refractivity contribution in [1.82, 2.24) is 4.90 Å². The zero-order valence-electron chi connectivity index (χ0n) is 17.1. The Morgan fingerprint density at radius 1 is 1.26 bits per heavy atom. The van der Waals surface area contributed by atoms with E-state index in [1.54, 1.807) is 18.2 Å². The first-order valence-corrected chi connectivity index (χ1v) is 11.0. The van der Waals surface area contributed by atoms with Crippen molar-refractivity contribution >= 4 is 56.5 Å². The van der Waals surface area contributed by atoms with Gasteiger partial charge >= 0.3 is 0 Å². The van der Waals surface area contributed by atoms with Crippen LogP contribution in [0.25, 0.3) is 6.08 Å². The van der Waals surface area contributed by atoms with E-state index in [0.717, 1.165) is 22.2 Å². The fourth-order valence-electron chi connectivity index (χ4n) is 2.91. The first kappa shape index (κ1) is 22.9. The van der Waals surface area contributed by atoms with E-state index in [1.807, 2.05) is 12.1 Å². The zero-order valence-corrected chi connectivity index (χ0v) is 19.5. The van der Waals surface area contributed by atoms with Crippen LogP contribution in [0.4, 0.5) is 10.5 Å². The van der Waals surface area contributed by atoms with E-state index in [1.165, 1.54) is 19.3 Å². The summed E-state index contributed by atoms with van der Waals surface area (Å²) in [5, 5.41) is 12.0. The Kier molecular flexibility index (Phi) is 7.07. The Hall–Kier alpha value is -2.78. The van der Waals surface area contributed by atoms with Crippen LogP contribution in [0.3, 0.4) is 0 Å². The quantitative estimate of drug-likeness (QED) is 0.539. The molecule has 2 aromatic rings. The topological polar surface area (TPSA) is 95.9 Å². The number of anilines is 1. The van der Waals surface area contributed by atoms with Crippen molar-refractivity contribution in [3.05, 3.63) is 56.9 Å². The van der Waals surface area contributed by atoms with Gasteiger partial charge in [-0.15, -0.1) is 0 Å². The second kappa shape index (κ2) is 9.57. The van der Waals surface area contributed by atoms with Crippen LogP contribution in [0.1, 0.15) is 30.9 Å². The molecule has 0 aliphatic carbocycles. The summed E-state index contributed by atoms with van der Waals surface area (Å²) in [5.74, 6) is -0.470. The minimum atomic E-state index is -0.556. The van der Waals surface area contributed by atoms with Crippen molar-refractivity contribution in [3.63, 3.8) is 0 Å². The Labute approximate surface area is 192 Å². The molecular formula is C22H21BrN2O5S. The number of phenolic OH excluding ortho intramolecular Hbond substituents is 1. The van der Waals surface area contributed by atoms with Gasteiger partial charge in [-0.05, 0) is 59.1 Å². The normalized spacial score (nSPS) is 15.1. The van der Waals surface area contributed by atoms with Gasteiger partial charge in [-0.25, -0.2) is 0 Å². The van der Waals surface area contributed by atoms with Crippen LogP contribution < -0.4 is 10.1 Å². The van der Waals surface area contributed by atoms with Gasteiger partial charge in [-0.1, -0.05) is 41.9 Å². The Bertz CT molecular complexity index is 1070. The van der Waals surface area contributed by atoms with Gasteiger partial charge in [0.05, 0.1) is 12.0 Å². The Morgan fingerprint density at radius 3 is 2.55 bits per heavy atom. The third-order valence-electron chi connectivity index (χ3n) is 4.62. The van der Waals surface area contributed by atoms with Crippen LogP contribution in [-0.2, 0) is 9.59 Å². The summed E-state index contributed by atoms with van der Waals surface area (Å²) in [5.41, 5.74) is 2.29. The molecule has 0 aromatic heterocycles. The molecular weight excluding hydrogens is 484 g/mol. The standard InChI is InChI=1S/C22H21BrN2O5S/c1-12(2)13-4-6-15(7-5-13)24-20(27)11-25-21(28)19(31-22(25)29)9-14-8-18(30-3)17(26)10-16(14)23/h4-10,12,26H,11H2,1-3H3,(H,24,27)/b19-9-. The molecule has 3 rings (SSSR count). The highest BCUT2D eigenvalue weighted by molar-refractivity contribution is 9.10. The molecule has 0 atom stereocenters. The third-order valence-corrected chi connectivity index (χ3v) is 6.22. The van der Waals surface area contributed by atoms with E-state index >= 15 is 0 Å². The maximum absolute atomic E-state index is 12.7. The van der Waals surface area contributed by atoms with E-state index < -0.39 is 17.1 Å². The van der Waals surface area contributed by atoms with Crippen LogP contribution in [0.5, 0.6) is 11.5 Å². The van der Waals surface area contributed by atoms with Gasteiger partial charge in [0, 0.05) is 10.2 Å². The number of phenols is 1. The van der Waals surface area contributed by atoms with Gasteiger partial charge in [0.2, 0.25) is 5.91 Å². The smallest absolute Gasteiger partial charge is 0.294 e. The largest absolute Gasteiger partial charge is 0.504 e. The first-order valence-electron chi connectivity index (χ1n) is 9.41. The number of thioether (sulfide) groups is 1. The lowest BCUT2D eigenvalue weighted by Gasteiger charge is -2.13. The predicted octanol–water partition coefficient (Wildman–Crippen LogP) is 4.96. The summed E-state index contributed by atoms with van der Waals surface area (Å²) in [6.45, 7) is 3.77. The number of methoxy groups -OCH3 is 1. The molecule has 162 valence electrons. The van der Waals surface area contributed by atoms with Crippen LogP contribution in [0.15, 0.2) is 45.8 Å². The average molecular weight is 505 g/mol. The summed E-state index contributed by atoms with van der Waals surface area (Å²) < 4.78 is 5.61. The van der Waals surface area contributed by atoms with Crippen LogP contribution in [-0.4, -0.2) is 40.7 Å². The maximum Gasteiger partial charge on any atom is 0.294 e. The summed E-state index contributed by atoms with van der Waals surface area (Å²) in [7, 11) is 1.41. The van der Waals surface area contributed by atoms with E-state index in [9.17, 15) is 19.5 Å². The molecule has 1 aliphatic rings. The molecule has 2 N–H and O–H groups in total. The average Bonchev–Trinajstić information content (AvgIpc) is 2.97. The van der Waals surface area contributed by atoms with E-state index in [0.29, 0.717) is 21.6 Å². The van der Waals surface area contributed by atoms with Crippen molar-refractivity contribution in [2.45, 2.75) is 19.8 Å². The van der Waals surface area contributed by atoms with Crippen LogP contribution in [0, 0.1) is 0 Å². The molecule has 1 heterocycles. The second-order valence-corrected chi connectivity index (χ2v) is 8.99. The van der Waals surface area contributed by atoms with Crippen molar-refractivity contribution in [1.29, 1.82) is 0 Å². The molecule has 31 heavy (non-hydrogen) atoms. The highest BCUT2D eigenvalue weighted by atomic mass is 79.9. The second-order valence-electron chi connectivity index (χ2n) is 7.14. The predicted molar refractivity (Wildman–Crippen MR) is 124 cm³/mol. The number of benzene rings is 2. The number of carbonyl (C=O) groups is 3. The molecule has 1 aliphatic heterocycles. The van der Waals surface area contributed by atoms with Gasteiger partial charge in [0.1, 0.15) is 6.54 Å². The van der Waals surface area contributed by atoms with E-state index in [2.05, 4.69) is 35.1 Å². The number of hydrogen-bond acceptors (Lipinski definition) is 6. The number of halogens is 1. The first-order chi connectivity index (χ1) is 14.7. The molecule has 1 saturated heterocycles.